The summed E-state index contributed by atoms with van der Waals surface area (Å²) in [5.74, 6) is -1.13. The zero-order chi connectivity index (χ0) is 15.0. The molecule has 0 amide bonds. The molecule has 0 aromatic carbocycles. The number of hydrogen-bond donors (Lipinski definition) is 1. The minimum Gasteiger partial charge on any atom is -0.476 e. The van der Waals surface area contributed by atoms with E-state index in [-0.39, 0.29) is 22.7 Å². The standard InChI is InChI=1S/C14H14N2O5/c1-20-14(19)9-3-2-5-16-11(9)10(13(17)18)15-12(16)8-4-6-21-7-8/h2-3,5,8H,4,6-7H2,1H3,(H,17,18). The van der Waals surface area contributed by atoms with Crippen LogP contribution in [0.3, 0.4) is 0 Å². The monoisotopic (exact) mass is 290 g/mol. The van der Waals surface area contributed by atoms with E-state index in [9.17, 15) is 14.7 Å². The van der Waals surface area contributed by atoms with Crippen molar-refractivity contribution in [2.45, 2.75) is 12.3 Å². The van der Waals surface area contributed by atoms with Gasteiger partial charge in [0.15, 0.2) is 5.69 Å². The Hall–Kier alpha value is -2.41. The van der Waals surface area contributed by atoms with Crippen LogP contribution in [0.2, 0.25) is 0 Å². The summed E-state index contributed by atoms with van der Waals surface area (Å²) < 4.78 is 11.7. The molecule has 0 bridgehead atoms. The van der Waals surface area contributed by atoms with Crippen LogP contribution in [0.25, 0.3) is 5.52 Å². The summed E-state index contributed by atoms with van der Waals surface area (Å²) >= 11 is 0. The second-order valence-corrected chi connectivity index (χ2v) is 4.82. The Bertz CT molecular complexity index is 715. The molecule has 1 atom stereocenters. The first-order valence-electron chi connectivity index (χ1n) is 6.53. The summed E-state index contributed by atoms with van der Waals surface area (Å²) in [6, 6.07) is 3.20. The lowest BCUT2D eigenvalue weighted by Gasteiger charge is -2.07. The number of nitrogens with zero attached hydrogens (tertiary/aromatic N) is 2. The predicted molar refractivity (Wildman–Crippen MR) is 71.7 cm³/mol. The Morgan fingerprint density at radius 1 is 1.52 bits per heavy atom. The number of aromatic nitrogens is 2. The van der Waals surface area contributed by atoms with Gasteiger partial charge in [0.25, 0.3) is 0 Å². The molecule has 1 N–H and O–H groups in total. The van der Waals surface area contributed by atoms with Crippen molar-refractivity contribution in [2.75, 3.05) is 20.3 Å². The first kappa shape index (κ1) is 13.6. The molecule has 3 rings (SSSR count). The number of carbonyl (C=O) groups is 2. The molecule has 0 spiro atoms. The molecule has 1 aliphatic heterocycles. The number of hydrogen-bond acceptors (Lipinski definition) is 5. The van der Waals surface area contributed by atoms with Crippen LogP contribution in [-0.4, -0.2) is 46.8 Å². The summed E-state index contributed by atoms with van der Waals surface area (Å²) in [6.45, 7) is 1.12. The van der Waals surface area contributed by atoms with Gasteiger partial charge in [0.2, 0.25) is 0 Å². The first-order chi connectivity index (χ1) is 10.1. The van der Waals surface area contributed by atoms with E-state index in [1.165, 1.54) is 13.2 Å². The average Bonchev–Trinajstić information content (AvgIpc) is 3.12. The van der Waals surface area contributed by atoms with Gasteiger partial charge in [-0.3, -0.25) is 0 Å². The number of fused-ring (bicyclic) bond motifs is 1. The third-order valence-electron chi connectivity index (χ3n) is 3.59. The number of aromatic carboxylic acids is 1. The van der Waals surface area contributed by atoms with Gasteiger partial charge in [-0.15, -0.1) is 0 Å². The summed E-state index contributed by atoms with van der Waals surface area (Å²) in [4.78, 5) is 27.5. The fourth-order valence-electron chi connectivity index (χ4n) is 2.61. The Morgan fingerprint density at radius 3 is 2.95 bits per heavy atom. The molecule has 0 saturated carbocycles. The van der Waals surface area contributed by atoms with Crippen LogP contribution >= 0.6 is 0 Å². The highest BCUT2D eigenvalue weighted by Gasteiger charge is 2.28. The van der Waals surface area contributed by atoms with E-state index in [4.69, 9.17) is 9.47 Å². The maximum absolute atomic E-state index is 11.9. The van der Waals surface area contributed by atoms with Crippen molar-refractivity contribution in [1.82, 2.24) is 9.38 Å². The van der Waals surface area contributed by atoms with Crippen molar-refractivity contribution >= 4 is 17.5 Å². The fraction of sp³-hybridized carbons (Fsp3) is 0.357. The van der Waals surface area contributed by atoms with E-state index >= 15 is 0 Å². The Morgan fingerprint density at radius 2 is 2.33 bits per heavy atom. The number of rotatable bonds is 3. The van der Waals surface area contributed by atoms with Gasteiger partial charge in [-0.25, -0.2) is 14.6 Å². The molecule has 2 aromatic heterocycles. The Kier molecular flexibility index (Phi) is 3.34. The molecule has 7 heteroatoms. The lowest BCUT2D eigenvalue weighted by molar-refractivity contribution is 0.0602. The molecule has 1 fully saturated rings. The van der Waals surface area contributed by atoms with Crippen LogP contribution in [0.5, 0.6) is 0 Å². The number of methoxy groups -OCH3 is 1. The first-order valence-corrected chi connectivity index (χ1v) is 6.53. The second kappa shape index (κ2) is 5.17. The molecule has 1 aliphatic rings. The number of pyridine rings is 1. The molecule has 3 heterocycles. The van der Waals surface area contributed by atoms with Crippen molar-refractivity contribution in [1.29, 1.82) is 0 Å². The topological polar surface area (TPSA) is 90.1 Å². The number of carboxylic acid groups (broad SMARTS) is 1. The Labute approximate surface area is 120 Å². The lowest BCUT2D eigenvalue weighted by Crippen LogP contribution is -2.07. The lowest BCUT2D eigenvalue weighted by atomic mass is 10.1. The molecule has 1 unspecified atom stereocenters. The number of esters is 1. The average molecular weight is 290 g/mol. The molecule has 21 heavy (non-hydrogen) atoms. The SMILES string of the molecule is COC(=O)c1cccn2c(C3CCOC3)nc(C(=O)O)c12. The van der Waals surface area contributed by atoms with Crippen LogP contribution in [0.15, 0.2) is 18.3 Å². The molecule has 0 radical (unpaired) electrons. The molecule has 1 saturated heterocycles. The van der Waals surface area contributed by atoms with E-state index in [1.54, 1.807) is 16.7 Å². The number of carboxylic acids is 1. The van der Waals surface area contributed by atoms with Crippen molar-refractivity contribution in [3.63, 3.8) is 0 Å². The largest absolute Gasteiger partial charge is 0.476 e. The highest BCUT2D eigenvalue weighted by atomic mass is 16.5. The maximum Gasteiger partial charge on any atom is 0.356 e. The highest BCUT2D eigenvalue weighted by molar-refractivity contribution is 6.04. The van der Waals surface area contributed by atoms with Gasteiger partial charge in [0.1, 0.15) is 5.82 Å². The molecule has 2 aromatic rings. The number of carbonyl (C=O) groups excluding carboxylic acids is 1. The zero-order valence-corrected chi connectivity index (χ0v) is 11.4. The van der Waals surface area contributed by atoms with Crippen LogP contribution in [0.1, 0.15) is 39.0 Å². The minimum absolute atomic E-state index is 0.0264. The van der Waals surface area contributed by atoms with Gasteiger partial charge in [0, 0.05) is 18.7 Å². The van der Waals surface area contributed by atoms with Gasteiger partial charge in [-0.1, -0.05) is 0 Å². The molecule has 0 aliphatic carbocycles. The van der Waals surface area contributed by atoms with E-state index in [0.717, 1.165) is 6.42 Å². The highest BCUT2D eigenvalue weighted by Crippen LogP contribution is 2.28. The normalized spacial score (nSPS) is 18.0. The Balaban J connectivity index is 2.27. The molecular formula is C14H14N2O5. The minimum atomic E-state index is -1.17. The second-order valence-electron chi connectivity index (χ2n) is 4.82. The van der Waals surface area contributed by atoms with Gasteiger partial charge in [-0.05, 0) is 18.6 Å². The van der Waals surface area contributed by atoms with Crippen LogP contribution in [0.4, 0.5) is 0 Å². The van der Waals surface area contributed by atoms with Gasteiger partial charge in [0.05, 0.1) is 24.8 Å². The molecule has 7 nitrogen and oxygen atoms in total. The smallest absolute Gasteiger partial charge is 0.356 e. The van der Waals surface area contributed by atoms with Crippen molar-refractivity contribution in [2.24, 2.45) is 0 Å². The van der Waals surface area contributed by atoms with Crippen molar-refractivity contribution in [3.8, 4) is 0 Å². The number of imidazole rings is 1. The van der Waals surface area contributed by atoms with Crippen LogP contribution in [-0.2, 0) is 9.47 Å². The van der Waals surface area contributed by atoms with Gasteiger partial charge < -0.3 is 19.0 Å². The summed E-state index contributed by atoms with van der Waals surface area (Å²) in [5, 5.41) is 9.36. The van der Waals surface area contributed by atoms with Gasteiger partial charge >= 0.3 is 11.9 Å². The third kappa shape index (κ3) is 2.15. The summed E-state index contributed by atoms with van der Waals surface area (Å²) in [5.41, 5.74) is 0.312. The summed E-state index contributed by atoms with van der Waals surface area (Å²) in [7, 11) is 1.26. The predicted octanol–water partition coefficient (Wildman–Crippen LogP) is 1.32. The summed E-state index contributed by atoms with van der Waals surface area (Å²) in [6.07, 6.45) is 2.48. The van der Waals surface area contributed by atoms with E-state index in [0.29, 0.717) is 19.0 Å². The van der Waals surface area contributed by atoms with E-state index < -0.39 is 11.9 Å². The third-order valence-corrected chi connectivity index (χ3v) is 3.59. The number of ether oxygens (including phenoxy) is 2. The molecule has 110 valence electrons. The van der Waals surface area contributed by atoms with Crippen molar-refractivity contribution < 1.29 is 24.2 Å². The fourth-order valence-corrected chi connectivity index (χ4v) is 2.61. The van der Waals surface area contributed by atoms with Crippen molar-refractivity contribution in [3.05, 3.63) is 35.4 Å². The quantitative estimate of drug-likeness (QED) is 0.857. The van der Waals surface area contributed by atoms with Crippen LogP contribution in [0, 0.1) is 0 Å². The zero-order valence-electron chi connectivity index (χ0n) is 11.4. The van der Waals surface area contributed by atoms with Crippen LogP contribution < -0.4 is 0 Å². The molecular weight excluding hydrogens is 276 g/mol. The van der Waals surface area contributed by atoms with E-state index in [2.05, 4.69) is 4.98 Å². The van der Waals surface area contributed by atoms with E-state index in [1.807, 2.05) is 0 Å². The maximum atomic E-state index is 11.9. The van der Waals surface area contributed by atoms with Gasteiger partial charge in [-0.2, -0.15) is 0 Å².